The third-order valence-electron chi connectivity index (χ3n) is 3.06. The Balaban J connectivity index is 2.20. The number of rotatable bonds is 4. The number of ether oxygens (including phenoxy) is 2. The molecule has 0 fully saturated rings. The van der Waals surface area contributed by atoms with E-state index in [2.05, 4.69) is 5.92 Å². The van der Waals surface area contributed by atoms with Crippen LogP contribution in [0.3, 0.4) is 0 Å². The van der Waals surface area contributed by atoms with E-state index in [0.29, 0.717) is 17.1 Å². The van der Waals surface area contributed by atoms with Crippen molar-refractivity contribution in [1.29, 1.82) is 0 Å². The Kier molecular flexibility index (Phi) is 4.47. The molecule has 0 saturated heterocycles. The van der Waals surface area contributed by atoms with Crippen molar-refractivity contribution in [2.24, 2.45) is 0 Å². The molecule has 0 aliphatic heterocycles. The maximum atomic E-state index is 13.1. The first-order valence-corrected chi connectivity index (χ1v) is 6.64. The van der Waals surface area contributed by atoms with Crippen LogP contribution in [0.4, 0.5) is 4.39 Å². The standard InChI is InChI=1S/C18H15FO3/c1-4-18(3,22-13(2)20)14-8-10-16(11-9-14)21-17-7-5-6-15(19)12-17/h1,5-12H,2-3H3. The van der Waals surface area contributed by atoms with E-state index in [1.54, 1.807) is 43.3 Å². The zero-order valence-corrected chi connectivity index (χ0v) is 12.3. The quantitative estimate of drug-likeness (QED) is 0.631. The molecule has 0 bridgehead atoms. The third kappa shape index (κ3) is 3.64. The van der Waals surface area contributed by atoms with E-state index in [-0.39, 0.29) is 5.82 Å². The molecule has 22 heavy (non-hydrogen) atoms. The van der Waals surface area contributed by atoms with Crippen LogP contribution >= 0.6 is 0 Å². The summed E-state index contributed by atoms with van der Waals surface area (Å²) in [5.74, 6) is 2.56. The van der Waals surface area contributed by atoms with E-state index in [9.17, 15) is 9.18 Å². The molecule has 3 nitrogen and oxygen atoms in total. The normalized spacial score (nSPS) is 12.8. The molecular formula is C18H15FO3. The Morgan fingerprint density at radius 2 is 1.86 bits per heavy atom. The van der Waals surface area contributed by atoms with Gasteiger partial charge in [0.25, 0.3) is 0 Å². The average molecular weight is 298 g/mol. The molecule has 1 atom stereocenters. The van der Waals surface area contributed by atoms with Crippen molar-refractivity contribution in [3.8, 4) is 23.8 Å². The predicted octanol–water partition coefficient (Wildman–Crippen LogP) is 4.03. The van der Waals surface area contributed by atoms with Gasteiger partial charge in [0.1, 0.15) is 17.3 Å². The second kappa shape index (κ2) is 6.31. The molecule has 0 aliphatic rings. The van der Waals surface area contributed by atoms with Crippen LogP contribution in [0.2, 0.25) is 0 Å². The maximum absolute atomic E-state index is 13.1. The van der Waals surface area contributed by atoms with E-state index in [4.69, 9.17) is 15.9 Å². The van der Waals surface area contributed by atoms with Gasteiger partial charge < -0.3 is 9.47 Å². The fourth-order valence-corrected chi connectivity index (χ4v) is 1.97. The van der Waals surface area contributed by atoms with Gasteiger partial charge in [0.2, 0.25) is 0 Å². The van der Waals surface area contributed by atoms with Crippen molar-refractivity contribution in [1.82, 2.24) is 0 Å². The van der Waals surface area contributed by atoms with Gasteiger partial charge in [-0.2, -0.15) is 0 Å². The molecule has 0 amide bonds. The highest BCUT2D eigenvalue weighted by molar-refractivity contribution is 5.67. The van der Waals surface area contributed by atoms with E-state index in [0.717, 1.165) is 0 Å². The van der Waals surface area contributed by atoms with E-state index >= 15 is 0 Å². The number of hydrogen-bond acceptors (Lipinski definition) is 3. The molecule has 1 unspecified atom stereocenters. The van der Waals surface area contributed by atoms with Gasteiger partial charge >= 0.3 is 5.97 Å². The van der Waals surface area contributed by atoms with Gasteiger partial charge in [-0.25, -0.2) is 4.39 Å². The van der Waals surface area contributed by atoms with Gasteiger partial charge in [-0.1, -0.05) is 24.1 Å². The van der Waals surface area contributed by atoms with Crippen LogP contribution in [0, 0.1) is 18.2 Å². The van der Waals surface area contributed by atoms with Crippen molar-refractivity contribution in [2.75, 3.05) is 0 Å². The summed E-state index contributed by atoms with van der Waals surface area (Å²) in [6.45, 7) is 2.94. The van der Waals surface area contributed by atoms with Gasteiger partial charge in [-0.15, -0.1) is 6.42 Å². The zero-order valence-electron chi connectivity index (χ0n) is 12.3. The second-order valence-corrected chi connectivity index (χ2v) is 4.86. The summed E-state index contributed by atoms with van der Waals surface area (Å²) < 4.78 is 23.8. The number of terminal acetylenes is 1. The second-order valence-electron chi connectivity index (χ2n) is 4.86. The number of carbonyl (C=O) groups is 1. The Bertz CT molecular complexity index is 716. The summed E-state index contributed by atoms with van der Waals surface area (Å²) in [7, 11) is 0. The zero-order chi connectivity index (χ0) is 16.2. The molecule has 0 saturated carbocycles. The molecular weight excluding hydrogens is 283 g/mol. The average Bonchev–Trinajstić information content (AvgIpc) is 2.47. The summed E-state index contributed by atoms with van der Waals surface area (Å²) in [4.78, 5) is 11.2. The maximum Gasteiger partial charge on any atom is 0.304 e. The fourth-order valence-electron chi connectivity index (χ4n) is 1.97. The van der Waals surface area contributed by atoms with Crippen molar-refractivity contribution in [2.45, 2.75) is 19.4 Å². The molecule has 0 N–H and O–H groups in total. The fraction of sp³-hybridized carbons (Fsp3) is 0.167. The van der Waals surface area contributed by atoms with Crippen molar-refractivity contribution < 1.29 is 18.7 Å². The molecule has 0 heterocycles. The lowest BCUT2D eigenvalue weighted by Gasteiger charge is -2.23. The van der Waals surface area contributed by atoms with Crippen LogP contribution in [-0.2, 0) is 15.1 Å². The number of carbonyl (C=O) groups excluding carboxylic acids is 1. The molecule has 0 spiro atoms. The van der Waals surface area contributed by atoms with E-state index < -0.39 is 11.6 Å². The first kappa shape index (κ1) is 15.6. The van der Waals surface area contributed by atoms with Gasteiger partial charge in [0.05, 0.1) is 0 Å². The summed E-state index contributed by atoms with van der Waals surface area (Å²) in [6, 6.07) is 12.6. The third-order valence-corrected chi connectivity index (χ3v) is 3.06. The van der Waals surface area contributed by atoms with Gasteiger partial charge in [-0.05, 0) is 31.2 Å². The summed E-state index contributed by atoms with van der Waals surface area (Å²) in [5, 5.41) is 0. The van der Waals surface area contributed by atoms with Crippen molar-refractivity contribution in [3.05, 3.63) is 59.9 Å². The number of halogens is 1. The molecule has 0 aromatic heterocycles. The topological polar surface area (TPSA) is 35.5 Å². The summed E-state index contributed by atoms with van der Waals surface area (Å²) in [5.41, 5.74) is -0.486. The first-order chi connectivity index (χ1) is 10.4. The monoisotopic (exact) mass is 298 g/mol. The van der Waals surface area contributed by atoms with Gasteiger partial charge in [0.15, 0.2) is 5.60 Å². The Hall–Kier alpha value is -2.80. The molecule has 112 valence electrons. The van der Waals surface area contributed by atoms with Crippen LogP contribution < -0.4 is 4.74 Å². The number of benzene rings is 2. The lowest BCUT2D eigenvalue weighted by molar-refractivity contribution is -0.151. The first-order valence-electron chi connectivity index (χ1n) is 6.64. The van der Waals surface area contributed by atoms with Crippen LogP contribution in [0.15, 0.2) is 48.5 Å². The van der Waals surface area contributed by atoms with Crippen LogP contribution in [0.5, 0.6) is 11.5 Å². The minimum Gasteiger partial charge on any atom is -0.457 e. The molecule has 4 heteroatoms. The Labute approximate surface area is 128 Å². The minimum absolute atomic E-state index is 0.371. The molecule has 0 aliphatic carbocycles. The van der Waals surface area contributed by atoms with Gasteiger partial charge in [-0.3, -0.25) is 4.79 Å². The molecule has 2 rings (SSSR count). The van der Waals surface area contributed by atoms with Crippen molar-refractivity contribution in [3.63, 3.8) is 0 Å². The lowest BCUT2D eigenvalue weighted by Crippen LogP contribution is -2.26. The highest BCUT2D eigenvalue weighted by Gasteiger charge is 2.27. The van der Waals surface area contributed by atoms with Crippen LogP contribution in [-0.4, -0.2) is 5.97 Å². The smallest absolute Gasteiger partial charge is 0.304 e. The molecule has 2 aromatic carbocycles. The van der Waals surface area contributed by atoms with E-state index in [1.165, 1.54) is 19.1 Å². The number of hydrogen-bond donors (Lipinski definition) is 0. The SMILES string of the molecule is C#CC(C)(OC(C)=O)c1ccc(Oc2cccc(F)c2)cc1. The largest absolute Gasteiger partial charge is 0.457 e. The Morgan fingerprint density at radius 1 is 1.18 bits per heavy atom. The Morgan fingerprint density at radius 3 is 2.41 bits per heavy atom. The number of esters is 1. The highest BCUT2D eigenvalue weighted by atomic mass is 19.1. The molecule has 0 radical (unpaired) electrons. The van der Waals surface area contributed by atoms with Gasteiger partial charge in [0, 0.05) is 18.6 Å². The van der Waals surface area contributed by atoms with Crippen LogP contribution in [0.25, 0.3) is 0 Å². The summed E-state index contributed by atoms with van der Waals surface area (Å²) >= 11 is 0. The van der Waals surface area contributed by atoms with Crippen LogP contribution in [0.1, 0.15) is 19.4 Å². The highest BCUT2D eigenvalue weighted by Crippen LogP contribution is 2.28. The minimum atomic E-state index is -1.14. The predicted molar refractivity (Wildman–Crippen MR) is 80.9 cm³/mol. The van der Waals surface area contributed by atoms with Crippen molar-refractivity contribution >= 4 is 5.97 Å². The molecule has 2 aromatic rings. The van der Waals surface area contributed by atoms with E-state index in [1.807, 2.05) is 0 Å². The summed E-state index contributed by atoms with van der Waals surface area (Å²) in [6.07, 6.45) is 5.47. The lowest BCUT2D eigenvalue weighted by atomic mass is 9.96.